The van der Waals surface area contributed by atoms with Crippen molar-refractivity contribution in [1.29, 1.82) is 0 Å². The monoisotopic (exact) mass is 306 g/mol. The van der Waals surface area contributed by atoms with Crippen LogP contribution in [0.25, 0.3) is 11.1 Å². The molecule has 0 amide bonds. The van der Waals surface area contributed by atoms with Gasteiger partial charge < -0.3 is 10.2 Å². The molecule has 0 radical (unpaired) electrons. The summed E-state index contributed by atoms with van der Waals surface area (Å²) < 4.78 is 42.6. The van der Waals surface area contributed by atoms with Crippen molar-refractivity contribution in [2.75, 3.05) is 5.73 Å². The summed E-state index contributed by atoms with van der Waals surface area (Å²) >= 11 is 0. The summed E-state index contributed by atoms with van der Waals surface area (Å²) in [6.45, 7) is 0. The number of nitrogens with two attached hydrogens (primary N) is 1. The van der Waals surface area contributed by atoms with Crippen molar-refractivity contribution in [2.45, 2.75) is 11.0 Å². The maximum Gasteiger partial charge on any atom is 0.316 e. The number of aromatic nitrogens is 1. The Balaban J connectivity index is 1.97. The Hall–Kier alpha value is -2.41. The first-order valence-electron chi connectivity index (χ1n) is 6.07. The van der Waals surface area contributed by atoms with Gasteiger partial charge in [0.1, 0.15) is 11.3 Å². The molecule has 0 aliphatic rings. The zero-order valence-corrected chi connectivity index (χ0v) is 11.6. The lowest BCUT2D eigenvalue weighted by Gasteiger charge is -2.00. The van der Waals surface area contributed by atoms with Crippen LogP contribution in [0.15, 0.2) is 52.1 Å². The highest BCUT2D eigenvalue weighted by molar-refractivity contribution is 7.90. The molecular formula is C14H11FN2O3S. The van der Waals surface area contributed by atoms with Crippen molar-refractivity contribution < 1.29 is 17.2 Å². The van der Waals surface area contributed by atoms with Gasteiger partial charge in [0.2, 0.25) is 9.84 Å². The second-order valence-corrected chi connectivity index (χ2v) is 6.46. The number of benzene rings is 2. The lowest BCUT2D eigenvalue weighted by Crippen LogP contribution is -2.05. The molecule has 1 aromatic heterocycles. The van der Waals surface area contributed by atoms with Gasteiger partial charge in [-0.1, -0.05) is 12.1 Å². The molecule has 3 aromatic rings. The van der Waals surface area contributed by atoms with Gasteiger partial charge in [0.25, 0.3) is 0 Å². The minimum absolute atomic E-state index is 0.310. The largest absolute Gasteiger partial charge is 0.428 e. The summed E-state index contributed by atoms with van der Waals surface area (Å²) in [5, 5.41) is -0.368. The van der Waals surface area contributed by atoms with Crippen LogP contribution in [0.5, 0.6) is 0 Å². The van der Waals surface area contributed by atoms with Gasteiger partial charge in [-0.15, -0.1) is 0 Å². The Labute approximate surface area is 120 Å². The highest BCUT2D eigenvalue weighted by Crippen LogP contribution is 2.23. The van der Waals surface area contributed by atoms with Crippen molar-refractivity contribution in [3.05, 3.63) is 53.8 Å². The maximum absolute atomic E-state index is 12.8. The molecule has 3 rings (SSSR count). The number of rotatable bonds is 3. The van der Waals surface area contributed by atoms with Crippen LogP contribution in [0.1, 0.15) is 5.56 Å². The van der Waals surface area contributed by atoms with Crippen LogP contribution in [0.4, 0.5) is 10.1 Å². The first-order chi connectivity index (χ1) is 9.94. The normalized spacial score (nSPS) is 11.9. The Morgan fingerprint density at radius 2 is 1.86 bits per heavy atom. The lowest BCUT2D eigenvalue weighted by molar-refractivity contribution is 0.458. The van der Waals surface area contributed by atoms with Gasteiger partial charge in [-0.25, -0.2) is 12.8 Å². The van der Waals surface area contributed by atoms with Gasteiger partial charge in [-0.05, 0) is 29.8 Å². The fraction of sp³-hybridized carbons (Fsp3) is 0.0714. The van der Waals surface area contributed by atoms with Crippen LogP contribution in [0.2, 0.25) is 0 Å². The number of anilines is 1. The molecule has 0 bridgehead atoms. The second kappa shape index (κ2) is 4.85. The van der Waals surface area contributed by atoms with Gasteiger partial charge in [0, 0.05) is 11.8 Å². The number of nitrogen functional groups attached to an aromatic ring is 1. The molecule has 1 heterocycles. The molecule has 0 unspecified atom stereocenters. The SMILES string of the molecule is Nc1ccc2nc(S(=O)(=O)Cc3ccc(F)cc3)oc2c1. The number of oxazole rings is 1. The highest BCUT2D eigenvalue weighted by Gasteiger charge is 2.22. The first kappa shape index (κ1) is 13.6. The molecule has 0 saturated heterocycles. The van der Waals surface area contributed by atoms with Gasteiger partial charge in [0.15, 0.2) is 5.58 Å². The Morgan fingerprint density at radius 3 is 2.57 bits per heavy atom. The maximum atomic E-state index is 12.8. The predicted octanol–water partition coefficient (Wildman–Crippen LogP) is 2.52. The van der Waals surface area contributed by atoms with E-state index in [1.54, 1.807) is 12.1 Å². The van der Waals surface area contributed by atoms with Crippen molar-refractivity contribution in [3.63, 3.8) is 0 Å². The van der Waals surface area contributed by atoms with E-state index in [1.165, 1.54) is 30.3 Å². The number of hydrogen-bond donors (Lipinski definition) is 1. The molecule has 2 aromatic carbocycles. The summed E-state index contributed by atoms with van der Waals surface area (Å²) in [5.41, 5.74) is 7.25. The zero-order chi connectivity index (χ0) is 15.0. The quantitative estimate of drug-likeness (QED) is 0.751. The van der Waals surface area contributed by atoms with Gasteiger partial charge in [-0.2, -0.15) is 4.98 Å². The molecule has 7 heteroatoms. The molecule has 0 aliphatic heterocycles. The van der Waals surface area contributed by atoms with E-state index in [-0.39, 0.29) is 11.0 Å². The number of hydrogen-bond acceptors (Lipinski definition) is 5. The summed E-state index contributed by atoms with van der Waals surface area (Å²) in [6.07, 6.45) is 0. The van der Waals surface area contributed by atoms with Crippen molar-refractivity contribution in [2.24, 2.45) is 0 Å². The topological polar surface area (TPSA) is 86.2 Å². The van der Waals surface area contributed by atoms with Gasteiger partial charge in [-0.3, -0.25) is 0 Å². The minimum Gasteiger partial charge on any atom is -0.428 e. The predicted molar refractivity (Wildman–Crippen MR) is 75.7 cm³/mol. The number of sulfone groups is 1. The number of fused-ring (bicyclic) bond motifs is 1. The fourth-order valence-electron chi connectivity index (χ4n) is 1.91. The average molecular weight is 306 g/mol. The van der Waals surface area contributed by atoms with Crippen LogP contribution in [0.3, 0.4) is 0 Å². The molecule has 108 valence electrons. The van der Waals surface area contributed by atoms with E-state index in [4.69, 9.17) is 10.2 Å². The molecule has 0 saturated carbocycles. The van der Waals surface area contributed by atoms with Crippen molar-refractivity contribution in [1.82, 2.24) is 4.98 Å². The van der Waals surface area contributed by atoms with Crippen LogP contribution >= 0.6 is 0 Å². The van der Waals surface area contributed by atoms with E-state index in [9.17, 15) is 12.8 Å². The van der Waals surface area contributed by atoms with Crippen LogP contribution in [0, 0.1) is 5.82 Å². The zero-order valence-electron chi connectivity index (χ0n) is 10.8. The summed E-state index contributed by atoms with van der Waals surface area (Å²) in [7, 11) is -3.74. The molecule has 0 spiro atoms. The second-order valence-electron chi connectivity index (χ2n) is 4.59. The van der Waals surface area contributed by atoms with Crippen molar-refractivity contribution in [3.8, 4) is 0 Å². The molecule has 2 N–H and O–H groups in total. The summed E-state index contributed by atoms with van der Waals surface area (Å²) in [6, 6.07) is 9.95. The van der Waals surface area contributed by atoms with Crippen molar-refractivity contribution >= 4 is 26.6 Å². The summed E-state index contributed by atoms with van der Waals surface area (Å²) in [4.78, 5) is 3.95. The summed E-state index contributed by atoms with van der Waals surface area (Å²) in [5.74, 6) is -0.733. The first-order valence-corrected chi connectivity index (χ1v) is 7.72. The standard InChI is InChI=1S/C14H11FN2O3S/c15-10-3-1-9(2-4-10)8-21(18,19)14-17-12-6-5-11(16)7-13(12)20-14/h1-7H,8,16H2. The van der Waals surface area contributed by atoms with Crippen LogP contribution in [-0.2, 0) is 15.6 Å². The molecule has 0 aliphatic carbocycles. The fourth-order valence-corrected chi connectivity index (χ4v) is 3.12. The third kappa shape index (κ3) is 2.73. The van der Waals surface area contributed by atoms with Crippen LogP contribution in [-0.4, -0.2) is 13.4 Å². The molecule has 21 heavy (non-hydrogen) atoms. The Kier molecular flexibility index (Phi) is 3.13. The van der Waals surface area contributed by atoms with Crippen LogP contribution < -0.4 is 5.73 Å². The minimum atomic E-state index is -3.74. The Bertz CT molecular complexity index is 902. The van der Waals surface area contributed by atoms with E-state index in [0.29, 0.717) is 22.4 Å². The lowest BCUT2D eigenvalue weighted by atomic mass is 10.2. The van der Waals surface area contributed by atoms with E-state index in [0.717, 1.165) is 0 Å². The van der Waals surface area contributed by atoms with E-state index in [1.807, 2.05) is 0 Å². The molecule has 5 nitrogen and oxygen atoms in total. The van der Waals surface area contributed by atoms with E-state index >= 15 is 0 Å². The van der Waals surface area contributed by atoms with Gasteiger partial charge in [0.05, 0.1) is 5.75 Å². The third-order valence-electron chi connectivity index (χ3n) is 2.93. The van der Waals surface area contributed by atoms with Gasteiger partial charge >= 0.3 is 5.22 Å². The highest BCUT2D eigenvalue weighted by atomic mass is 32.2. The molecule has 0 atom stereocenters. The number of halogens is 1. The smallest absolute Gasteiger partial charge is 0.316 e. The number of nitrogens with zero attached hydrogens (tertiary/aromatic N) is 1. The Morgan fingerprint density at radius 1 is 1.14 bits per heavy atom. The van der Waals surface area contributed by atoms with E-state index < -0.39 is 15.7 Å². The molecule has 0 fully saturated rings. The average Bonchev–Trinajstić information content (AvgIpc) is 2.85. The molecular weight excluding hydrogens is 295 g/mol. The third-order valence-corrected chi connectivity index (χ3v) is 4.35. The van der Waals surface area contributed by atoms with E-state index in [2.05, 4.69) is 4.98 Å².